The molecule has 1 fully saturated rings. The third kappa shape index (κ3) is 3.67. The Morgan fingerprint density at radius 3 is 2.36 bits per heavy atom. The second-order valence-electron chi connectivity index (χ2n) is 7.29. The van der Waals surface area contributed by atoms with Gasteiger partial charge in [-0.2, -0.15) is 0 Å². The van der Waals surface area contributed by atoms with Crippen molar-refractivity contribution in [1.82, 2.24) is 0 Å². The summed E-state index contributed by atoms with van der Waals surface area (Å²) >= 11 is 0. The number of fused-ring (bicyclic) bond motifs is 1. The van der Waals surface area contributed by atoms with Crippen molar-refractivity contribution in [1.29, 1.82) is 0 Å². The molecular weight excluding hydrogens is 376 g/mol. The second-order valence-corrected chi connectivity index (χ2v) is 9.52. The normalized spacial score (nSPS) is 21.3. The topological polar surface area (TPSA) is 74.8 Å². The van der Waals surface area contributed by atoms with Crippen molar-refractivity contribution >= 4 is 33.0 Å². The Bertz CT molecular complexity index is 1000. The number of amides is 2. The molecule has 7 heteroatoms. The van der Waals surface area contributed by atoms with Gasteiger partial charge in [0.15, 0.2) is 9.84 Å². The van der Waals surface area contributed by atoms with Crippen LogP contribution in [-0.2, 0) is 26.0 Å². The van der Waals surface area contributed by atoms with Gasteiger partial charge in [0.1, 0.15) is 0 Å². The van der Waals surface area contributed by atoms with Crippen molar-refractivity contribution in [3.63, 3.8) is 0 Å². The van der Waals surface area contributed by atoms with Gasteiger partial charge in [-0.15, -0.1) is 0 Å². The maximum absolute atomic E-state index is 13.1. The Balaban J connectivity index is 1.67. The maximum atomic E-state index is 13.1. The molecule has 0 bridgehead atoms. The molecule has 1 saturated heterocycles. The molecular formula is C21H22N2O4S. The van der Waals surface area contributed by atoms with Gasteiger partial charge in [-0.3, -0.25) is 9.59 Å². The highest BCUT2D eigenvalue weighted by Gasteiger charge is 2.38. The SMILES string of the molecule is O=C1CCN(C(=O)C2CCS(=O)(=O)C2)c2ccccc2N1Cc1ccccc1. The van der Waals surface area contributed by atoms with E-state index in [0.29, 0.717) is 24.3 Å². The molecule has 4 rings (SSSR count). The minimum atomic E-state index is -3.15. The molecule has 2 aromatic rings. The number of anilines is 2. The summed E-state index contributed by atoms with van der Waals surface area (Å²) in [6, 6.07) is 17.1. The molecule has 0 aromatic heterocycles. The van der Waals surface area contributed by atoms with Crippen LogP contribution in [0.3, 0.4) is 0 Å². The molecule has 6 nitrogen and oxygen atoms in total. The Kier molecular flexibility index (Phi) is 4.93. The van der Waals surface area contributed by atoms with Crippen LogP contribution in [0.4, 0.5) is 11.4 Å². The molecule has 146 valence electrons. The number of carbonyl (C=O) groups excluding carboxylic acids is 2. The first kappa shape index (κ1) is 18.7. The molecule has 1 unspecified atom stereocenters. The van der Waals surface area contributed by atoms with Gasteiger partial charge in [0.25, 0.3) is 0 Å². The van der Waals surface area contributed by atoms with Crippen LogP contribution in [0.25, 0.3) is 0 Å². The molecule has 28 heavy (non-hydrogen) atoms. The third-order valence-electron chi connectivity index (χ3n) is 5.34. The zero-order valence-electron chi connectivity index (χ0n) is 15.5. The Morgan fingerprint density at radius 2 is 1.68 bits per heavy atom. The first-order valence-electron chi connectivity index (χ1n) is 9.40. The van der Waals surface area contributed by atoms with Crippen LogP contribution in [0.5, 0.6) is 0 Å². The summed E-state index contributed by atoms with van der Waals surface area (Å²) in [6.45, 7) is 0.688. The van der Waals surface area contributed by atoms with E-state index in [1.165, 1.54) is 0 Å². The van der Waals surface area contributed by atoms with Crippen molar-refractivity contribution in [2.45, 2.75) is 19.4 Å². The van der Waals surface area contributed by atoms with Crippen LogP contribution in [0.1, 0.15) is 18.4 Å². The largest absolute Gasteiger partial charge is 0.310 e. The number of hydrogen-bond acceptors (Lipinski definition) is 4. The summed E-state index contributed by atoms with van der Waals surface area (Å²) in [5.41, 5.74) is 2.36. The van der Waals surface area contributed by atoms with E-state index in [1.54, 1.807) is 9.80 Å². The smallest absolute Gasteiger partial charge is 0.231 e. The molecule has 0 spiro atoms. The van der Waals surface area contributed by atoms with Gasteiger partial charge in [-0.25, -0.2) is 8.42 Å². The lowest BCUT2D eigenvalue weighted by Crippen LogP contribution is -2.37. The lowest BCUT2D eigenvalue weighted by Gasteiger charge is -2.27. The predicted molar refractivity (Wildman–Crippen MR) is 108 cm³/mol. The summed E-state index contributed by atoms with van der Waals surface area (Å²) in [4.78, 5) is 29.3. The van der Waals surface area contributed by atoms with Crippen molar-refractivity contribution < 1.29 is 18.0 Å². The lowest BCUT2D eigenvalue weighted by molar-refractivity contribution is -0.121. The lowest BCUT2D eigenvalue weighted by atomic mass is 10.1. The number of benzene rings is 2. The highest BCUT2D eigenvalue weighted by molar-refractivity contribution is 7.91. The number of sulfone groups is 1. The van der Waals surface area contributed by atoms with Gasteiger partial charge in [-0.05, 0) is 24.1 Å². The standard InChI is InChI=1S/C21H22N2O4S/c24-20-10-12-22(21(25)17-11-13-28(26,27)15-17)18-8-4-5-9-19(18)23(20)14-16-6-2-1-3-7-16/h1-9,17H,10-15H2. The molecule has 2 amide bonds. The van der Waals surface area contributed by atoms with Crippen LogP contribution in [0.15, 0.2) is 54.6 Å². The summed E-state index contributed by atoms with van der Waals surface area (Å²) < 4.78 is 23.6. The summed E-state index contributed by atoms with van der Waals surface area (Å²) in [7, 11) is -3.15. The van der Waals surface area contributed by atoms with Crippen LogP contribution >= 0.6 is 0 Å². The van der Waals surface area contributed by atoms with Gasteiger partial charge in [0.2, 0.25) is 11.8 Å². The van der Waals surface area contributed by atoms with E-state index in [1.807, 2.05) is 54.6 Å². The molecule has 2 aliphatic rings. The van der Waals surface area contributed by atoms with Crippen LogP contribution in [0.2, 0.25) is 0 Å². The van der Waals surface area contributed by atoms with Crippen molar-refractivity contribution in [2.24, 2.45) is 5.92 Å². The maximum Gasteiger partial charge on any atom is 0.231 e. The molecule has 2 aromatic carbocycles. The summed E-state index contributed by atoms with van der Waals surface area (Å²) in [5.74, 6) is -0.841. The summed E-state index contributed by atoms with van der Waals surface area (Å²) in [6.07, 6.45) is 0.550. The predicted octanol–water partition coefficient (Wildman–Crippen LogP) is 2.39. The monoisotopic (exact) mass is 398 g/mol. The van der Waals surface area contributed by atoms with E-state index in [0.717, 1.165) is 5.56 Å². The zero-order valence-corrected chi connectivity index (χ0v) is 16.3. The summed E-state index contributed by atoms with van der Waals surface area (Å²) in [5, 5.41) is 0. The quantitative estimate of drug-likeness (QED) is 0.796. The average molecular weight is 398 g/mol. The van der Waals surface area contributed by atoms with E-state index in [2.05, 4.69) is 0 Å². The van der Waals surface area contributed by atoms with Gasteiger partial charge < -0.3 is 9.80 Å². The first-order valence-corrected chi connectivity index (χ1v) is 11.2. The highest BCUT2D eigenvalue weighted by atomic mass is 32.2. The van der Waals surface area contributed by atoms with Crippen molar-refractivity contribution in [2.75, 3.05) is 27.9 Å². The Hall–Kier alpha value is -2.67. The molecule has 0 N–H and O–H groups in total. The van der Waals surface area contributed by atoms with Gasteiger partial charge in [-0.1, -0.05) is 42.5 Å². The number of carbonyl (C=O) groups is 2. The fraction of sp³-hybridized carbons (Fsp3) is 0.333. The highest BCUT2D eigenvalue weighted by Crippen LogP contribution is 2.35. The minimum Gasteiger partial charge on any atom is -0.310 e. The Labute approximate surface area is 164 Å². The minimum absolute atomic E-state index is 0.0503. The van der Waals surface area contributed by atoms with Crippen LogP contribution in [0, 0.1) is 5.92 Å². The number of para-hydroxylation sites is 2. The van der Waals surface area contributed by atoms with E-state index >= 15 is 0 Å². The van der Waals surface area contributed by atoms with Crippen molar-refractivity contribution in [3.8, 4) is 0 Å². The van der Waals surface area contributed by atoms with Crippen LogP contribution < -0.4 is 9.80 Å². The molecule has 2 heterocycles. The van der Waals surface area contributed by atoms with E-state index in [4.69, 9.17) is 0 Å². The van der Waals surface area contributed by atoms with Gasteiger partial charge in [0, 0.05) is 13.0 Å². The fourth-order valence-electron chi connectivity index (χ4n) is 3.90. The molecule has 1 atom stereocenters. The van der Waals surface area contributed by atoms with Crippen LogP contribution in [-0.4, -0.2) is 38.3 Å². The van der Waals surface area contributed by atoms with E-state index < -0.39 is 15.8 Å². The molecule has 0 radical (unpaired) electrons. The number of rotatable bonds is 3. The van der Waals surface area contributed by atoms with E-state index in [9.17, 15) is 18.0 Å². The molecule has 2 aliphatic heterocycles. The third-order valence-corrected chi connectivity index (χ3v) is 7.11. The molecule has 0 aliphatic carbocycles. The fourth-order valence-corrected chi connectivity index (χ4v) is 5.63. The molecule has 0 saturated carbocycles. The van der Waals surface area contributed by atoms with Crippen molar-refractivity contribution in [3.05, 3.63) is 60.2 Å². The second kappa shape index (κ2) is 7.39. The van der Waals surface area contributed by atoms with Gasteiger partial charge in [0.05, 0.1) is 35.3 Å². The number of nitrogens with zero attached hydrogens (tertiary/aromatic N) is 2. The first-order chi connectivity index (χ1) is 13.4. The van der Waals surface area contributed by atoms with E-state index in [-0.39, 0.29) is 36.3 Å². The number of hydrogen-bond donors (Lipinski definition) is 0. The Morgan fingerprint density at radius 1 is 1.00 bits per heavy atom. The van der Waals surface area contributed by atoms with Gasteiger partial charge >= 0.3 is 0 Å². The average Bonchev–Trinajstić information content (AvgIpc) is 3.00. The zero-order chi connectivity index (χ0) is 19.7.